The summed E-state index contributed by atoms with van der Waals surface area (Å²) in [6.07, 6.45) is 0.675. The molecule has 1 N–H and O–H groups in total. The highest BCUT2D eigenvalue weighted by atomic mass is 16.9. The van der Waals surface area contributed by atoms with E-state index in [9.17, 15) is 10.1 Å². The minimum atomic E-state index is -0.772. The van der Waals surface area contributed by atoms with E-state index in [0.717, 1.165) is 13.1 Å². The molecule has 0 aliphatic heterocycles. The lowest BCUT2D eigenvalue weighted by molar-refractivity contribution is -0.757. The zero-order valence-corrected chi connectivity index (χ0v) is 6.00. The predicted octanol–water partition coefficient (Wildman–Crippen LogP) is 0.194. The number of hydrogen-bond acceptors (Lipinski definition) is 4. The van der Waals surface area contributed by atoms with Gasteiger partial charge in [0.05, 0.1) is 6.61 Å². The highest BCUT2D eigenvalue weighted by Crippen LogP contribution is 1.79. The Morgan fingerprint density at radius 1 is 1.70 bits per heavy atom. The topological polar surface area (TPSA) is 64.4 Å². The summed E-state index contributed by atoms with van der Waals surface area (Å²) in [7, 11) is 0. The van der Waals surface area contributed by atoms with Gasteiger partial charge in [-0.3, -0.25) is 0 Å². The molecule has 5 nitrogen and oxygen atoms in total. The SMILES string of the molecule is CCNCCCO[N+](=O)[O-]. The van der Waals surface area contributed by atoms with E-state index in [2.05, 4.69) is 10.2 Å². The maximum absolute atomic E-state index is 9.59. The van der Waals surface area contributed by atoms with Crippen molar-refractivity contribution in [2.24, 2.45) is 0 Å². The summed E-state index contributed by atoms with van der Waals surface area (Å²) in [6.45, 7) is 3.82. The van der Waals surface area contributed by atoms with Gasteiger partial charge in [0.1, 0.15) is 0 Å². The van der Waals surface area contributed by atoms with Crippen LogP contribution < -0.4 is 5.32 Å². The Morgan fingerprint density at radius 3 is 2.90 bits per heavy atom. The molecule has 0 rings (SSSR count). The predicted molar refractivity (Wildman–Crippen MR) is 36.1 cm³/mol. The third-order valence-electron chi connectivity index (χ3n) is 0.945. The van der Waals surface area contributed by atoms with Crippen molar-refractivity contribution in [2.45, 2.75) is 13.3 Å². The Labute approximate surface area is 59.5 Å². The zero-order chi connectivity index (χ0) is 7.82. The number of rotatable bonds is 6. The average molecular weight is 148 g/mol. The normalized spacial score (nSPS) is 9.30. The van der Waals surface area contributed by atoms with Crippen molar-refractivity contribution < 1.29 is 9.92 Å². The van der Waals surface area contributed by atoms with Crippen LogP contribution in [-0.2, 0) is 4.84 Å². The molecule has 0 aromatic rings. The van der Waals surface area contributed by atoms with Gasteiger partial charge in [0.2, 0.25) is 0 Å². The molecule has 0 amide bonds. The fourth-order valence-electron chi connectivity index (χ4n) is 0.513. The Hall–Kier alpha value is -0.840. The van der Waals surface area contributed by atoms with Crippen LogP contribution in [0.5, 0.6) is 0 Å². The molecule has 10 heavy (non-hydrogen) atoms. The van der Waals surface area contributed by atoms with Crippen LogP contribution in [0, 0.1) is 10.1 Å². The lowest BCUT2D eigenvalue weighted by atomic mass is 10.4. The lowest BCUT2D eigenvalue weighted by Gasteiger charge is -1.98. The van der Waals surface area contributed by atoms with Crippen molar-refractivity contribution in [3.63, 3.8) is 0 Å². The van der Waals surface area contributed by atoms with Crippen LogP contribution in [0.2, 0.25) is 0 Å². The standard InChI is InChI=1S/C5H12N2O3/c1-2-6-4-3-5-10-7(8)9/h6H,2-5H2,1H3. The Morgan fingerprint density at radius 2 is 2.40 bits per heavy atom. The van der Waals surface area contributed by atoms with Crippen molar-refractivity contribution in [3.05, 3.63) is 10.1 Å². The van der Waals surface area contributed by atoms with Gasteiger partial charge < -0.3 is 10.2 Å². The Kier molecular flexibility index (Phi) is 5.75. The summed E-state index contributed by atoms with van der Waals surface area (Å²) < 4.78 is 0. The molecule has 0 fully saturated rings. The highest BCUT2D eigenvalue weighted by molar-refractivity contribution is 4.40. The van der Waals surface area contributed by atoms with E-state index in [1.807, 2.05) is 6.92 Å². The van der Waals surface area contributed by atoms with Gasteiger partial charge >= 0.3 is 0 Å². The lowest BCUT2D eigenvalue weighted by Crippen LogP contribution is -2.16. The third kappa shape index (κ3) is 7.16. The van der Waals surface area contributed by atoms with Crippen molar-refractivity contribution in [1.29, 1.82) is 0 Å². The van der Waals surface area contributed by atoms with Gasteiger partial charge in [-0.1, -0.05) is 6.92 Å². The van der Waals surface area contributed by atoms with E-state index in [1.54, 1.807) is 0 Å². The van der Waals surface area contributed by atoms with Crippen LogP contribution in [-0.4, -0.2) is 24.8 Å². The van der Waals surface area contributed by atoms with Gasteiger partial charge in [-0.2, -0.15) is 0 Å². The molecule has 0 unspecified atom stereocenters. The van der Waals surface area contributed by atoms with Crippen LogP contribution in [0.4, 0.5) is 0 Å². The van der Waals surface area contributed by atoms with E-state index in [-0.39, 0.29) is 6.61 Å². The quantitative estimate of drug-likeness (QED) is 0.332. The maximum Gasteiger partial charge on any atom is 0.294 e. The Balaban J connectivity index is 2.84. The van der Waals surface area contributed by atoms with E-state index in [4.69, 9.17) is 0 Å². The molecule has 0 aliphatic rings. The second-order valence-electron chi connectivity index (χ2n) is 1.76. The van der Waals surface area contributed by atoms with Crippen LogP contribution in [0.3, 0.4) is 0 Å². The highest BCUT2D eigenvalue weighted by Gasteiger charge is 1.92. The molecule has 0 heterocycles. The molecule has 0 spiro atoms. The molecule has 0 aromatic carbocycles. The maximum atomic E-state index is 9.59. The first-order valence-electron chi connectivity index (χ1n) is 3.25. The molecule has 0 radical (unpaired) electrons. The summed E-state index contributed by atoms with van der Waals surface area (Å²) in [4.78, 5) is 13.7. The van der Waals surface area contributed by atoms with E-state index >= 15 is 0 Å². The van der Waals surface area contributed by atoms with Crippen molar-refractivity contribution in [1.82, 2.24) is 5.32 Å². The van der Waals surface area contributed by atoms with E-state index in [1.165, 1.54) is 0 Å². The monoisotopic (exact) mass is 148 g/mol. The summed E-state index contributed by atoms with van der Waals surface area (Å²) in [5.41, 5.74) is 0. The molecule has 60 valence electrons. The van der Waals surface area contributed by atoms with Crippen LogP contribution in [0.1, 0.15) is 13.3 Å². The molecular formula is C5H12N2O3. The largest absolute Gasteiger partial charge is 0.317 e. The van der Waals surface area contributed by atoms with Gasteiger partial charge in [0.15, 0.2) is 0 Å². The minimum Gasteiger partial charge on any atom is -0.317 e. The molecule has 0 aliphatic carbocycles. The Bertz CT molecular complexity index is 96.9. The molecule has 0 saturated heterocycles. The summed E-state index contributed by atoms with van der Waals surface area (Å²) in [6, 6.07) is 0. The van der Waals surface area contributed by atoms with Gasteiger partial charge in [-0.25, -0.2) is 0 Å². The van der Waals surface area contributed by atoms with Crippen LogP contribution >= 0.6 is 0 Å². The number of nitrogens with zero attached hydrogens (tertiary/aromatic N) is 1. The minimum absolute atomic E-state index is 0.181. The first-order chi connectivity index (χ1) is 4.77. The van der Waals surface area contributed by atoms with E-state index in [0.29, 0.717) is 6.42 Å². The molecule has 5 heteroatoms. The van der Waals surface area contributed by atoms with Crippen molar-refractivity contribution in [2.75, 3.05) is 19.7 Å². The fourth-order valence-corrected chi connectivity index (χ4v) is 0.513. The number of hydrogen-bond donors (Lipinski definition) is 1. The molecule has 0 saturated carbocycles. The summed E-state index contributed by atoms with van der Waals surface area (Å²) in [5.74, 6) is 0. The average Bonchev–Trinajstić information content (AvgIpc) is 1.87. The summed E-state index contributed by atoms with van der Waals surface area (Å²) in [5, 5.41) is 11.8. The van der Waals surface area contributed by atoms with Gasteiger partial charge in [-0.15, -0.1) is 10.1 Å². The van der Waals surface area contributed by atoms with Gasteiger partial charge in [0.25, 0.3) is 5.09 Å². The fraction of sp³-hybridized carbons (Fsp3) is 1.00. The number of nitrogens with one attached hydrogen (secondary N) is 1. The van der Waals surface area contributed by atoms with Crippen molar-refractivity contribution in [3.8, 4) is 0 Å². The van der Waals surface area contributed by atoms with E-state index < -0.39 is 5.09 Å². The molecule has 0 atom stereocenters. The molecule has 0 aromatic heterocycles. The smallest absolute Gasteiger partial charge is 0.294 e. The van der Waals surface area contributed by atoms with Crippen LogP contribution in [0.25, 0.3) is 0 Å². The summed E-state index contributed by atoms with van der Waals surface area (Å²) >= 11 is 0. The van der Waals surface area contributed by atoms with Gasteiger partial charge in [0, 0.05) is 0 Å². The first-order valence-corrected chi connectivity index (χ1v) is 3.25. The molecular weight excluding hydrogens is 136 g/mol. The van der Waals surface area contributed by atoms with Gasteiger partial charge in [-0.05, 0) is 19.5 Å². The molecule has 0 bridgehead atoms. The van der Waals surface area contributed by atoms with Crippen LogP contribution in [0.15, 0.2) is 0 Å². The second-order valence-corrected chi connectivity index (χ2v) is 1.76. The zero-order valence-electron chi connectivity index (χ0n) is 6.00. The second kappa shape index (κ2) is 6.28. The third-order valence-corrected chi connectivity index (χ3v) is 0.945. The first kappa shape index (κ1) is 9.16. The van der Waals surface area contributed by atoms with Crippen molar-refractivity contribution >= 4 is 0 Å².